The Hall–Kier alpha value is -3.13. The Morgan fingerprint density at radius 3 is 1.40 bits per heavy atom. The van der Waals surface area contributed by atoms with Gasteiger partial charge in [0.05, 0.1) is 0 Å². The summed E-state index contributed by atoms with van der Waals surface area (Å²) in [6, 6.07) is 24.4. The standard InChI is InChI=1S/C28H24BF/c1-17-6-10-22(27-16-24(29)12-8-19(27)3)14-25(17)21-9-5-18(2)26(13-21)23-11-7-20(4)28(30)15-23/h5-16H,1-4H3. The van der Waals surface area contributed by atoms with Crippen molar-refractivity contribution in [3.05, 3.63) is 101 Å². The van der Waals surface area contributed by atoms with Crippen molar-refractivity contribution in [1.29, 1.82) is 0 Å². The lowest BCUT2D eigenvalue weighted by Crippen LogP contribution is -2.02. The molecule has 0 N–H and O–H groups in total. The molecule has 0 aliphatic heterocycles. The van der Waals surface area contributed by atoms with Gasteiger partial charge in [-0.3, -0.25) is 0 Å². The average Bonchev–Trinajstić information content (AvgIpc) is 2.73. The van der Waals surface area contributed by atoms with E-state index in [9.17, 15) is 4.39 Å². The first-order chi connectivity index (χ1) is 14.3. The molecular weight excluding hydrogens is 366 g/mol. The summed E-state index contributed by atoms with van der Waals surface area (Å²) in [6.07, 6.45) is 0. The number of halogens is 1. The highest BCUT2D eigenvalue weighted by Gasteiger charge is 2.11. The zero-order chi connectivity index (χ0) is 21.4. The van der Waals surface area contributed by atoms with Crippen molar-refractivity contribution in [1.82, 2.24) is 0 Å². The third kappa shape index (κ3) is 3.83. The van der Waals surface area contributed by atoms with Gasteiger partial charge in [0.15, 0.2) is 0 Å². The van der Waals surface area contributed by atoms with Crippen molar-refractivity contribution >= 4 is 13.3 Å². The van der Waals surface area contributed by atoms with E-state index < -0.39 is 0 Å². The molecule has 0 bridgehead atoms. The Morgan fingerprint density at radius 1 is 0.500 bits per heavy atom. The highest BCUT2D eigenvalue weighted by molar-refractivity contribution is 6.32. The topological polar surface area (TPSA) is 0 Å². The van der Waals surface area contributed by atoms with Crippen molar-refractivity contribution in [3.63, 3.8) is 0 Å². The molecule has 0 atom stereocenters. The molecule has 4 aromatic carbocycles. The average molecular weight is 390 g/mol. The van der Waals surface area contributed by atoms with Gasteiger partial charge in [0.2, 0.25) is 0 Å². The molecule has 0 spiro atoms. The van der Waals surface area contributed by atoms with E-state index in [1.165, 1.54) is 16.7 Å². The second-order valence-electron chi connectivity index (χ2n) is 8.10. The monoisotopic (exact) mass is 390 g/mol. The van der Waals surface area contributed by atoms with Gasteiger partial charge in [0, 0.05) is 0 Å². The number of rotatable bonds is 3. The predicted molar refractivity (Wildman–Crippen MR) is 127 cm³/mol. The molecule has 0 aromatic heterocycles. The number of benzene rings is 4. The summed E-state index contributed by atoms with van der Waals surface area (Å²) in [5.41, 5.74) is 11.5. The largest absolute Gasteiger partial charge is 0.207 e. The Kier molecular flexibility index (Phi) is 5.34. The summed E-state index contributed by atoms with van der Waals surface area (Å²) in [4.78, 5) is 0. The first kappa shape index (κ1) is 20.2. The fourth-order valence-corrected chi connectivity index (χ4v) is 3.91. The third-order valence-corrected chi connectivity index (χ3v) is 5.84. The summed E-state index contributed by atoms with van der Waals surface area (Å²) < 4.78 is 14.2. The van der Waals surface area contributed by atoms with Gasteiger partial charge >= 0.3 is 0 Å². The summed E-state index contributed by atoms with van der Waals surface area (Å²) in [5.74, 6) is -0.173. The van der Waals surface area contributed by atoms with E-state index in [0.29, 0.717) is 5.56 Å². The summed E-state index contributed by atoms with van der Waals surface area (Å²) in [7, 11) is 6.04. The first-order valence-electron chi connectivity index (χ1n) is 10.2. The molecule has 0 saturated heterocycles. The molecule has 0 saturated carbocycles. The summed E-state index contributed by atoms with van der Waals surface area (Å²) in [5, 5.41) is 0. The van der Waals surface area contributed by atoms with E-state index in [0.717, 1.165) is 38.8 Å². The molecule has 146 valence electrons. The van der Waals surface area contributed by atoms with Gasteiger partial charge in [-0.15, -0.1) is 0 Å². The maximum absolute atomic E-state index is 14.2. The molecule has 2 heteroatoms. The molecule has 0 aliphatic carbocycles. The van der Waals surface area contributed by atoms with Gasteiger partial charge in [-0.05, 0) is 102 Å². The molecule has 0 nitrogen and oxygen atoms in total. The number of aryl methyl sites for hydroxylation is 4. The van der Waals surface area contributed by atoms with Crippen LogP contribution in [0.5, 0.6) is 0 Å². The van der Waals surface area contributed by atoms with Gasteiger partial charge < -0.3 is 0 Å². The fourth-order valence-electron chi connectivity index (χ4n) is 3.91. The van der Waals surface area contributed by atoms with Crippen LogP contribution in [0.3, 0.4) is 0 Å². The van der Waals surface area contributed by atoms with Crippen LogP contribution in [0.4, 0.5) is 4.39 Å². The Morgan fingerprint density at radius 2 is 0.900 bits per heavy atom. The molecule has 4 rings (SSSR count). The predicted octanol–water partition coefficient (Wildman–Crippen LogP) is 6.85. The van der Waals surface area contributed by atoms with Crippen molar-refractivity contribution in [3.8, 4) is 33.4 Å². The van der Waals surface area contributed by atoms with Crippen LogP contribution in [-0.4, -0.2) is 7.85 Å². The van der Waals surface area contributed by atoms with E-state index in [4.69, 9.17) is 7.85 Å². The lowest BCUT2D eigenvalue weighted by Gasteiger charge is -2.15. The molecule has 0 aliphatic rings. The smallest absolute Gasteiger partial charge is 0.126 e. The van der Waals surface area contributed by atoms with Crippen LogP contribution in [0.25, 0.3) is 33.4 Å². The summed E-state index contributed by atoms with van der Waals surface area (Å²) >= 11 is 0. The van der Waals surface area contributed by atoms with Crippen molar-refractivity contribution < 1.29 is 4.39 Å². The molecule has 30 heavy (non-hydrogen) atoms. The lowest BCUT2D eigenvalue weighted by molar-refractivity contribution is 0.619. The molecule has 0 heterocycles. The second kappa shape index (κ2) is 7.95. The zero-order valence-electron chi connectivity index (χ0n) is 17.9. The fraction of sp³-hybridized carbons (Fsp3) is 0.143. The quantitative estimate of drug-likeness (QED) is 0.336. The van der Waals surface area contributed by atoms with Crippen LogP contribution in [-0.2, 0) is 0 Å². The van der Waals surface area contributed by atoms with E-state index in [1.807, 2.05) is 24.3 Å². The van der Waals surface area contributed by atoms with Crippen LogP contribution in [0, 0.1) is 33.5 Å². The normalized spacial score (nSPS) is 11.0. The van der Waals surface area contributed by atoms with Gasteiger partial charge in [-0.25, -0.2) is 4.39 Å². The molecule has 4 aromatic rings. The Labute approximate surface area is 179 Å². The van der Waals surface area contributed by atoms with E-state index in [-0.39, 0.29) is 5.82 Å². The van der Waals surface area contributed by atoms with Gasteiger partial charge in [-0.2, -0.15) is 0 Å². The molecule has 0 amide bonds. The van der Waals surface area contributed by atoms with Crippen LogP contribution in [0.2, 0.25) is 0 Å². The summed E-state index contributed by atoms with van der Waals surface area (Å²) in [6.45, 7) is 8.08. The lowest BCUT2D eigenvalue weighted by atomic mass is 9.87. The van der Waals surface area contributed by atoms with E-state index >= 15 is 0 Å². The first-order valence-corrected chi connectivity index (χ1v) is 10.2. The van der Waals surface area contributed by atoms with E-state index in [1.54, 1.807) is 13.0 Å². The maximum atomic E-state index is 14.2. The molecular formula is C28H24BF. The SMILES string of the molecule is [B]c1ccc(C)c(-c2ccc(C)c(-c3ccc(C)c(-c4ccc(C)c(F)c4)c3)c2)c1. The number of hydrogen-bond donors (Lipinski definition) is 0. The highest BCUT2D eigenvalue weighted by atomic mass is 19.1. The minimum Gasteiger partial charge on any atom is -0.207 e. The van der Waals surface area contributed by atoms with Crippen LogP contribution in [0.1, 0.15) is 22.3 Å². The second-order valence-corrected chi connectivity index (χ2v) is 8.10. The minimum absolute atomic E-state index is 0.173. The van der Waals surface area contributed by atoms with E-state index in [2.05, 4.69) is 63.2 Å². The highest BCUT2D eigenvalue weighted by Crippen LogP contribution is 2.34. The van der Waals surface area contributed by atoms with Crippen molar-refractivity contribution in [2.24, 2.45) is 0 Å². The third-order valence-electron chi connectivity index (χ3n) is 5.84. The molecule has 2 radical (unpaired) electrons. The van der Waals surface area contributed by atoms with Crippen molar-refractivity contribution in [2.45, 2.75) is 27.7 Å². The van der Waals surface area contributed by atoms with Gasteiger partial charge in [-0.1, -0.05) is 60.1 Å². The van der Waals surface area contributed by atoms with Crippen LogP contribution in [0.15, 0.2) is 72.8 Å². The van der Waals surface area contributed by atoms with Crippen LogP contribution < -0.4 is 5.46 Å². The van der Waals surface area contributed by atoms with Crippen LogP contribution >= 0.6 is 0 Å². The molecule has 0 unspecified atom stereocenters. The Balaban J connectivity index is 1.85. The minimum atomic E-state index is -0.173. The maximum Gasteiger partial charge on any atom is 0.126 e. The Bertz CT molecular complexity index is 1250. The van der Waals surface area contributed by atoms with Crippen molar-refractivity contribution in [2.75, 3.05) is 0 Å². The van der Waals surface area contributed by atoms with Gasteiger partial charge in [0.25, 0.3) is 0 Å². The zero-order valence-corrected chi connectivity index (χ0v) is 17.9. The molecule has 0 fully saturated rings. The number of hydrogen-bond acceptors (Lipinski definition) is 0. The van der Waals surface area contributed by atoms with Gasteiger partial charge in [0.1, 0.15) is 13.7 Å².